The first-order valence-corrected chi connectivity index (χ1v) is 9.09. The summed E-state index contributed by atoms with van der Waals surface area (Å²) in [5.74, 6) is 0.819. The third-order valence-corrected chi connectivity index (χ3v) is 5.04. The van der Waals surface area contributed by atoms with Gasteiger partial charge in [-0.05, 0) is 24.6 Å². The number of benzene rings is 2. The van der Waals surface area contributed by atoms with E-state index in [1.165, 1.54) is 0 Å². The lowest BCUT2D eigenvalue weighted by atomic mass is 10.1. The van der Waals surface area contributed by atoms with Crippen molar-refractivity contribution < 1.29 is 4.74 Å². The van der Waals surface area contributed by atoms with Crippen LogP contribution in [-0.4, -0.2) is 40.8 Å². The summed E-state index contributed by atoms with van der Waals surface area (Å²) in [5, 5.41) is 0.668. The molecule has 0 radical (unpaired) electrons. The van der Waals surface area contributed by atoms with Crippen molar-refractivity contribution in [3.05, 3.63) is 76.3 Å². The molecular weight excluding hydrogens is 326 g/mol. The molecule has 3 aromatic rings. The molecule has 0 saturated carbocycles. The highest BCUT2D eigenvalue weighted by atomic mass is 16.5. The van der Waals surface area contributed by atoms with Crippen LogP contribution in [0.15, 0.2) is 59.4 Å². The number of fused-ring (bicyclic) bond motifs is 1. The summed E-state index contributed by atoms with van der Waals surface area (Å²) in [6.45, 7) is 5.82. The van der Waals surface area contributed by atoms with Crippen molar-refractivity contribution in [3.8, 4) is 0 Å². The Bertz CT molecular complexity index is 946. The van der Waals surface area contributed by atoms with Crippen LogP contribution >= 0.6 is 0 Å². The lowest BCUT2D eigenvalue weighted by Gasteiger charge is -2.33. The zero-order valence-corrected chi connectivity index (χ0v) is 15.0. The van der Waals surface area contributed by atoms with Gasteiger partial charge in [-0.1, -0.05) is 42.5 Å². The molecule has 0 unspecified atom stereocenters. The van der Waals surface area contributed by atoms with Gasteiger partial charge >= 0.3 is 0 Å². The van der Waals surface area contributed by atoms with E-state index >= 15 is 0 Å². The van der Waals surface area contributed by atoms with Crippen molar-refractivity contribution in [1.29, 1.82) is 0 Å². The van der Waals surface area contributed by atoms with Gasteiger partial charge < -0.3 is 4.74 Å². The van der Waals surface area contributed by atoms with E-state index in [1.807, 2.05) is 59.2 Å². The molecule has 1 fully saturated rings. The molecule has 4 rings (SSSR count). The standard InChI is InChI=1S/C21H23N3O2/c1-16(23-11-13-26-14-12-23)20-22-19-10-6-5-9-18(19)21(25)24(20)15-17-7-3-2-4-8-17/h2-10,16H,11-15H2,1H3/t16-/m0/s1. The van der Waals surface area contributed by atoms with Gasteiger partial charge in [0.1, 0.15) is 5.82 Å². The van der Waals surface area contributed by atoms with Gasteiger partial charge in [-0.25, -0.2) is 4.98 Å². The topological polar surface area (TPSA) is 47.4 Å². The monoisotopic (exact) mass is 349 g/mol. The minimum Gasteiger partial charge on any atom is -0.379 e. The van der Waals surface area contributed by atoms with E-state index in [0.717, 1.165) is 43.2 Å². The van der Waals surface area contributed by atoms with Crippen LogP contribution in [0.5, 0.6) is 0 Å². The summed E-state index contributed by atoms with van der Waals surface area (Å²) in [4.78, 5) is 20.4. The second kappa shape index (κ2) is 7.40. The molecule has 0 amide bonds. The minimum atomic E-state index is 0.0227. The van der Waals surface area contributed by atoms with Crippen LogP contribution in [0.2, 0.25) is 0 Å². The molecule has 1 aromatic heterocycles. The lowest BCUT2D eigenvalue weighted by molar-refractivity contribution is 0.0173. The molecule has 26 heavy (non-hydrogen) atoms. The average molecular weight is 349 g/mol. The van der Waals surface area contributed by atoms with Gasteiger partial charge in [0.05, 0.1) is 36.7 Å². The smallest absolute Gasteiger partial charge is 0.261 e. The van der Waals surface area contributed by atoms with E-state index in [-0.39, 0.29) is 11.6 Å². The van der Waals surface area contributed by atoms with Crippen molar-refractivity contribution in [2.45, 2.75) is 19.5 Å². The summed E-state index contributed by atoms with van der Waals surface area (Å²) < 4.78 is 7.31. The molecule has 2 aromatic carbocycles. The van der Waals surface area contributed by atoms with Crippen LogP contribution in [0, 0.1) is 0 Å². The maximum atomic E-state index is 13.2. The van der Waals surface area contributed by atoms with Gasteiger partial charge in [-0.2, -0.15) is 0 Å². The minimum absolute atomic E-state index is 0.0227. The average Bonchev–Trinajstić information content (AvgIpc) is 2.71. The number of hydrogen-bond acceptors (Lipinski definition) is 4. The Balaban J connectivity index is 1.83. The fourth-order valence-electron chi connectivity index (χ4n) is 3.55. The molecule has 0 aliphatic carbocycles. The van der Waals surface area contributed by atoms with Crippen LogP contribution in [-0.2, 0) is 11.3 Å². The zero-order chi connectivity index (χ0) is 17.9. The van der Waals surface area contributed by atoms with Crippen molar-refractivity contribution in [3.63, 3.8) is 0 Å². The Kier molecular flexibility index (Phi) is 4.82. The molecule has 0 N–H and O–H groups in total. The normalized spacial score (nSPS) is 16.7. The Hall–Kier alpha value is -2.50. The fourth-order valence-corrected chi connectivity index (χ4v) is 3.55. The summed E-state index contributed by atoms with van der Waals surface area (Å²) in [7, 11) is 0. The lowest BCUT2D eigenvalue weighted by Crippen LogP contribution is -2.40. The van der Waals surface area contributed by atoms with Crippen molar-refractivity contribution in [2.75, 3.05) is 26.3 Å². The van der Waals surface area contributed by atoms with E-state index in [2.05, 4.69) is 11.8 Å². The Morgan fingerprint density at radius 3 is 2.50 bits per heavy atom. The van der Waals surface area contributed by atoms with Crippen molar-refractivity contribution in [2.24, 2.45) is 0 Å². The van der Waals surface area contributed by atoms with Crippen LogP contribution in [0.3, 0.4) is 0 Å². The number of para-hydroxylation sites is 1. The van der Waals surface area contributed by atoms with E-state index in [4.69, 9.17) is 9.72 Å². The van der Waals surface area contributed by atoms with Crippen LogP contribution in [0.25, 0.3) is 10.9 Å². The van der Waals surface area contributed by atoms with Crippen LogP contribution in [0.4, 0.5) is 0 Å². The van der Waals surface area contributed by atoms with E-state index in [9.17, 15) is 4.79 Å². The molecular formula is C21H23N3O2. The molecule has 1 aliphatic rings. The highest BCUT2D eigenvalue weighted by Crippen LogP contribution is 2.21. The van der Waals surface area contributed by atoms with Gasteiger partial charge in [0, 0.05) is 13.1 Å². The zero-order valence-electron chi connectivity index (χ0n) is 15.0. The SMILES string of the molecule is C[C@@H](c1nc2ccccc2c(=O)n1Cc1ccccc1)N1CCOCC1. The second-order valence-corrected chi connectivity index (χ2v) is 6.69. The number of morpholine rings is 1. The highest BCUT2D eigenvalue weighted by Gasteiger charge is 2.24. The molecule has 1 atom stereocenters. The first kappa shape index (κ1) is 16.9. The highest BCUT2D eigenvalue weighted by molar-refractivity contribution is 5.77. The van der Waals surface area contributed by atoms with Crippen LogP contribution in [0.1, 0.15) is 24.4 Å². The Morgan fingerprint density at radius 1 is 1.04 bits per heavy atom. The number of hydrogen-bond donors (Lipinski definition) is 0. The molecule has 0 bridgehead atoms. The van der Waals surface area contributed by atoms with Gasteiger partial charge in [-0.3, -0.25) is 14.3 Å². The summed E-state index contributed by atoms with van der Waals surface area (Å²) in [6, 6.07) is 17.7. The third-order valence-electron chi connectivity index (χ3n) is 5.04. The fraction of sp³-hybridized carbons (Fsp3) is 0.333. The first-order valence-electron chi connectivity index (χ1n) is 9.09. The van der Waals surface area contributed by atoms with Crippen LogP contribution < -0.4 is 5.56 Å². The number of nitrogens with zero attached hydrogens (tertiary/aromatic N) is 3. The predicted octanol–water partition coefficient (Wildman–Crippen LogP) is 2.84. The summed E-state index contributed by atoms with van der Waals surface area (Å²) in [6.07, 6.45) is 0. The maximum absolute atomic E-state index is 13.2. The first-order chi connectivity index (χ1) is 12.7. The molecule has 5 nitrogen and oxygen atoms in total. The number of ether oxygens (including phenoxy) is 1. The molecule has 2 heterocycles. The molecule has 1 saturated heterocycles. The molecule has 1 aliphatic heterocycles. The predicted molar refractivity (Wildman–Crippen MR) is 102 cm³/mol. The van der Waals surface area contributed by atoms with E-state index in [0.29, 0.717) is 11.9 Å². The van der Waals surface area contributed by atoms with Gasteiger partial charge in [0.15, 0.2) is 0 Å². The van der Waals surface area contributed by atoms with Crippen molar-refractivity contribution in [1.82, 2.24) is 14.5 Å². The maximum Gasteiger partial charge on any atom is 0.261 e. The molecule has 5 heteroatoms. The third kappa shape index (κ3) is 3.28. The van der Waals surface area contributed by atoms with Gasteiger partial charge in [-0.15, -0.1) is 0 Å². The Morgan fingerprint density at radius 2 is 1.73 bits per heavy atom. The molecule has 134 valence electrons. The van der Waals surface area contributed by atoms with Crippen molar-refractivity contribution >= 4 is 10.9 Å². The quantitative estimate of drug-likeness (QED) is 0.727. The second-order valence-electron chi connectivity index (χ2n) is 6.69. The van der Waals surface area contributed by atoms with E-state index in [1.54, 1.807) is 0 Å². The molecule has 0 spiro atoms. The Labute approximate surface area is 152 Å². The summed E-state index contributed by atoms with van der Waals surface area (Å²) in [5.41, 5.74) is 1.88. The largest absolute Gasteiger partial charge is 0.379 e. The van der Waals surface area contributed by atoms with Gasteiger partial charge in [0.25, 0.3) is 5.56 Å². The summed E-state index contributed by atoms with van der Waals surface area (Å²) >= 11 is 0. The number of rotatable bonds is 4. The van der Waals surface area contributed by atoms with Gasteiger partial charge in [0.2, 0.25) is 0 Å². The van der Waals surface area contributed by atoms with E-state index < -0.39 is 0 Å². The number of aromatic nitrogens is 2.